The second kappa shape index (κ2) is 6.01. The Balaban J connectivity index is 1.59. The van der Waals surface area contributed by atoms with Crippen molar-refractivity contribution in [2.75, 3.05) is 13.2 Å². The molecule has 6 heteroatoms. The average molecular weight is 305 g/mol. The third-order valence-electron chi connectivity index (χ3n) is 3.07. The molecule has 1 unspecified atom stereocenters. The lowest BCUT2D eigenvalue weighted by Crippen LogP contribution is -2.40. The van der Waals surface area contributed by atoms with Crippen LogP contribution in [-0.4, -0.2) is 30.1 Å². The van der Waals surface area contributed by atoms with Crippen LogP contribution >= 0.6 is 11.6 Å². The Hall–Kier alpha value is -2.27. The molecule has 2 aromatic rings. The number of rotatable bonds is 3. The highest BCUT2D eigenvalue weighted by atomic mass is 35.5. The van der Waals surface area contributed by atoms with E-state index in [1.165, 1.54) is 12.4 Å². The summed E-state index contributed by atoms with van der Waals surface area (Å²) in [5, 5.41) is 3.14. The number of pyridine rings is 1. The Labute approximate surface area is 126 Å². The summed E-state index contributed by atoms with van der Waals surface area (Å²) in [6.45, 7) is 0.719. The predicted molar refractivity (Wildman–Crippen MR) is 77.9 cm³/mol. The van der Waals surface area contributed by atoms with Crippen LogP contribution in [0.25, 0.3) is 0 Å². The Kier molecular flexibility index (Phi) is 3.92. The van der Waals surface area contributed by atoms with E-state index in [0.717, 1.165) is 5.75 Å². The molecule has 0 radical (unpaired) electrons. The molecule has 5 nitrogen and oxygen atoms in total. The van der Waals surface area contributed by atoms with Crippen LogP contribution in [-0.2, 0) is 0 Å². The van der Waals surface area contributed by atoms with Gasteiger partial charge < -0.3 is 14.8 Å². The third-order valence-corrected chi connectivity index (χ3v) is 3.40. The minimum absolute atomic E-state index is 0.237. The van der Waals surface area contributed by atoms with E-state index >= 15 is 0 Å². The molecule has 21 heavy (non-hydrogen) atoms. The first-order valence-corrected chi connectivity index (χ1v) is 6.88. The number of hydrogen-bond acceptors (Lipinski definition) is 4. The highest BCUT2D eigenvalue weighted by molar-refractivity contribution is 6.33. The van der Waals surface area contributed by atoms with E-state index in [1.54, 1.807) is 6.07 Å². The fraction of sp³-hybridized carbons (Fsp3) is 0.200. The number of para-hydroxylation sites is 2. The number of benzene rings is 1. The van der Waals surface area contributed by atoms with Crippen molar-refractivity contribution in [2.24, 2.45) is 0 Å². The molecular formula is C15H13ClN2O3. The summed E-state index contributed by atoms with van der Waals surface area (Å²) >= 11 is 5.95. The summed E-state index contributed by atoms with van der Waals surface area (Å²) in [5.74, 6) is 1.12. The molecule has 1 atom stereocenters. The van der Waals surface area contributed by atoms with Crippen LogP contribution in [0.1, 0.15) is 10.4 Å². The Morgan fingerprint density at radius 2 is 2.14 bits per heavy atom. The van der Waals surface area contributed by atoms with Gasteiger partial charge in [-0.2, -0.15) is 0 Å². The molecule has 1 amide bonds. The first kappa shape index (κ1) is 13.7. The summed E-state index contributed by atoms with van der Waals surface area (Å²) < 4.78 is 11.3. The lowest BCUT2D eigenvalue weighted by atomic mass is 10.2. The van der Waals surface area contributed by atoms with E-state index in [0.29, 0.717) is 29.5 Å². The number of amides is 1. The van der Waals surface area contributed by atoms with E-state index in [1.807, 2.05) is 24.3 Å². The standard InChI is InChI=1S/C15H13ClN2O3/c16-12-5-6-17-8-11(12)15(19)18-7-10-9-20-13-3-1-2-4-14(13)21-10/h1-6,8,10H,7,9H2,(H,18,19). The number of nitrogens with zero attached hydrogens (tertiary/aromatic N) is 1. The van der Waals surface area contributed by atoms with Crippen LogP contribution in [0.3, 0.4) is 0 Å². The fourth-order valence-electron chi connectivity index (χ4n) is 2.01. The van der Waals surface area contributed by atoms with E-state index in [4.69, 9.17) is 21.1 Å². The zero-order chi connectivity index (χ0) is 14.7. The van der Waals surface area contributed by atoms with Crippen LogP contribution in [0.15, 0.2) is 42.7 Å². The quantitative estimate of drug-likeness (QED) is 0.945. The number of carbonyl (C=O) groups is 1. The fourth-order valence-corrected chi connectivity index (χ4v) is 2.20. The molecule has 1 aromatic carbocycles. The first-order chi connectivity index (χ1) is 10.2. The first-order valence-electron chi connectivity index (χ1n) is 6.50. The van der Waals surface area contributed by atoms with Gasteiger partial charge in [0.15, 0.2) is 11.5 Å². The SMILES string of the molecule is O=C(NCC1COc2ccccc2O1)c1cnccc1Cl. The van der Waals surface area contributed by atoms with Crippen molar-refractivity contribution in [3.8, 4) is 11.5 Å². The van der Waals surface area contributed by atoms with Crippen LogP contribution in [0.5, 0.6) is 11.5 Å². The van der Waals surface area contributed by atoms with Gasteiger partial charge in [0, 0.05) is 12.4 Å². The topological polar surface area (TPSA) is 60.5 Å². The van der Waals surface area contributed by atoms with Crippen LogP contribution < -0.4 is 14.8 Å². The minimum atomic E-state index is -0.282. The summed E-state index contributed by atoms with van der Waals surface area (Å²) in [6.07, 6.45) is 2.73. The van der Waals surface area contributed by atoms with Crippen molar-refractivity contribution in [1.29, 1.82) is 0 Å². The van der Waals surface area contributed by atoms with Crippen molar-refractivity contribution in [1.82, 2.24) is 10.3 Å². The summed E-state index contributed by atoms with van der Waals surface area (Å²) in [5.41, 5.74) is 0.344. The van der Waals surface area contributed by atoms with E-state index in [-0.39, 0.29) is 12.0 Å². The van der Waals surface area contributed by atoms with Gasteiger partial charge in [-0.1, -0.05) is 23.7 Å². The van der Waals surface area contributed by atoms with Crippen molar-refractivity contribution in [3.05, 3.63) is 53.3 Å². The lowest BCUT2D eigenvalue weighted by Gasteiger charge is -2.26. The molecule has 0 aliphatic carbocycles. The van der Waals surface area contributed by atoms with Crippen LogP contribution in [0, 0.1) is 0 Å². The maximum absolute atomic E-state index is 12.0. The molecule has 0 fully saturated rings. The van der Waals surface area contributed by atoms with Gasteiger partial charge in [-0.25, -0.2) is 0 Å². The number of hydrogen-bond donors (Lipinski definition) is 1. The summed E-state index contributed by atoms with van der Waals surface area (Å²) in [4.78, 5) is 15.9. The maximum atomic E-state index is 12.0. The Bertz CT molecular complexity index is 663. The smallest absolute Gasteiger partial charge is 0.254 e. The van der Waals surface area contributed by atoms with Crippen molar-refractivity contribution in [3.63, 3.8) is 0 Å². The molecule has 108 valence electrons. The van der Waals surface area contributed by atoms with Gasteiger partial charge >= 0.3 is 0 Å². The number of fused-ring (bicyclic) bond motifs is 1. The van der Waals surface area contributed by atoms with Crippen molar-refractivity contribution < 1.29 is 14.3 Å². The number of aromatic nitrogens is 1. The van der Waals surface area contributed by atoms with Gasteiger partial charge in [0.1, 0.15) is 12.7 Å². The number of nitrogens with one attached hydrogen (secondary N) is 1. The normalized spacial score (nSPS) is 16.3. The molecular weight excluding hydrogens is 292 g/mol. The Morgan fingerprint density at radius 3 is 2.95 bits per heavy atom. The highest BCUT2D eigenvalue weighted by Gasteiger charge is 2.21. The van der Waals surface area contributed by atoms with E-state index in [9.17, 15) is 4.79 Å². The molecule has 0 saturated carbocycles. The lowest BCUT2D eigenvalue weighted by molar-refractivity contribution is 0.0789. The van der Waals surface area contributed by atoms with Gasteiger partial charge in [-0.05, 0) is 18.2 Å². The molecule has 1 aromatic heterocycles. The summed E-state index contributed by atoms with van der Waals surface area (Å²) in [7, 11) is 0. The number of carbonyl (C=O) groups excluding carboxylic acids is 1. The zero-order valence-electron chi connectivity index (χ0n) is 11.1. The third kappa shape index (κ3) is 3.08. The van der Waals surface area contributed by atoms with Crippen molar-refractivity contribution in [2.45, 2.75) is 6.10 Å². The molecule has 1 aliphatic heterocycles. The second-order valence-electron chi connectivity index (χ2n) is 4.56. The van der Waals surface area contributed by atoms with Gasteiger partial charge in [-0.15, -0.1) is 0 Å². The second-order valence-corrected chi connectivity index (χ2v) is 4.97. The Morgan fingerprint density at radius 1 is 1.33 bits per heavy atom. The summed E-state index contributed by atoms with van der Waals surface area (Å²) in [6, 6.07) is 9.01. The van der Waals surface area contributed by atoms with Crippen LogP contribution in [0.4, 0.5) is 0 Å². The molecule has 3 rings (SSSR count). The largest absolute Gasteiger partial charge is 0.486 e. The number of halogens is 1. The van der Waals surface area contributed by atoms with Gasteiger partial charge in [0.2, 0.25) is 0 Å². The molecule has 1 aliphatic rings. The van der Waals surface area contributed by atoms with Crippen molar-refractivity contribution >= 4 is 17.5 Å². The molecule has 0 bridgehead atoms. The highest BCUT2D eigenvalue weighted by Crippen LogP contribution is 2.30. The zero-order valence-corrected chi connectivity index (χ0v) is 11.8. The molecule has 1 N–H and O–H groups in total. The predicted octanol–water partition coefficient (Wildman–Crippen LogP) is 2.30. The molecule has 2 heterocycles. The minimum Gasteiger partial charge on any atom is -0.486 e. The molecule has 0 saturated heterocycles. The maximum Gasteiger partial charge on any atom is 0.254 e. The van der Waals surface area contributed by atoms with E-state index in [2.05, 4.69) is 10.3 Å². The molecule has 0 spiro atoms. The monoisotopic (exact) mass is 304 g/mol. The number of ether oxygens (including phenoxy) is 2. The van der Waals surface area contributed by atoms with Gasteiger partial charge in [-0.3, -0.25) is 9.78 Å². The van der Waals surface area contributed by atoms with Gasteiger partial charge in [0.05, 0.1) is 17.1 Å². The van der Waals surface area contributed by atoms with E-state index < -0.39 is 0 Å². The average Bonchev–Trinajstić information content (AvgIpc) is 2.53. The van der Waals surface area contributed by atoms with Crippen LogP contribution in [0.2, 0.25) is 5.02 Å². The van der Waals surface area contributed by atoms with Gasteiger partial charge in [0.25, 0.3) is 5.91 Å².